The number of unbranched alkanes of at least 4 members (excludes halogenated alkanes) is 5. The summed E-state index contributed by atoms with van der Waals surface area (Å²) in [6.45, 7) is 7.02. The summed E-state index contributed by atoms with van der Waals surface area (Å²) in [6, 6.07) is 18.1. The summed E-state index contributed by atoms with van der Waals surface area (Å²) in [6.07, 6.45) is 13.0. The Morgan fingerprint density at radius 2 is 1.46 bits per heavy atom. The molecule has 0 heteroatoms. The Morgan fingerprint density at radius 3 is 2.19 bits per heavy atom. The summed E-state index contributed by atoms with van der Waals surface area (Å²) in [5, 5.41) is 0. The van der Waals surface area contributed by atoms with Gasteiger partial charge in [0.2, 0.25) is 0 Å². The number of hydrogen-bond donors (Lipinski definition) is 0. The smallest absolute Gasteiger partial charge is 0.00202 e. The highest BCUT2D eigenvalue weighted by molar-refractivity contribution is 5.41. The van der Waals surface area contributed by atoms with Crippen LogP contribution in [0.25, 0.3) is 0 Å². The van der Waals surface area contributed by atoms with E-state index in [0.717, 1.165) is 6.42 Å². The molecule has 0 fully saturated rings. The van der Waals surface area contributed by atoms with Crippen LogP contribution in [0.15, 0.2) is 48.5 Å². The Labute approximate surface area is 162 Å². The molecule has 1 unspecified atom stereocenters. The van der Waals surface area contributed by atoms with E-state index >= 15 is 0 Å². The van der Waals surface area contributed by atoms with Gasteiger partial charge in [-0.05, 0) is 53.9 Å². The van der Waals surface area contributed by atoms with Crippen LogP contribution in [0.2, 0.25) is 0 Å². The minimum absolute atomic E-state index is 0.663. The molecule has 0 amide bonds. The zero-order valence-electron chi connectivity index (χ0n) is 17.3. The second kappa shape index (κ2) is 11.9. The lowest BCUT2D eigenvalue weighted by molar-refractivity contribution is 0.593. The van der Waals surface area contributed by atoms with E-state index in [1.54, 1.807) is 16.7 Å². The Bertz CT molecular complexity index is 611. The zero-order chi connectivity index (χ0) is 18.6. The Balaban J connectivity index is 2.21. The van der Waals surface area contributed by atoms with Crippen LogP contribution in [0.3, 0.4) is 0 Å². The molecule has 26 heavy (non-hydrogen) atoms. The van der Waals surface area contributed by atoms with Gasteiger partial charge in [-0.15, -0.1) is 0 Å². The molecule has 2 rings (SSSR count). The molecule has 0 heterocycles. The van der Waals surface area contributed by atoms with Gasteiger partial charge in [-0.3, -0.25) is 0 Å². The van der Waals surface area contributed by atoms with Gasteiger partial charge in [0.25, 0.3) is 0 Å². The first-order chi connectivity index (χ1) is 12.8. The van der Waals surface area contributed by atoms with Crippen molar-refractivity contribution in [2.75, 3.05) is 0 Å². The highest BCUT2D eigenvalue weighted by atomic mass is 14.2. The van der Waals surface area contributed by atoms with Gasteiger partial charge in [0.15, 0.2) is 0 Å². The molecular weight excluding hydrogens is 312 g/mol. The van der Waals surface area contributed by atoms with Gasteiger partial charge in [-0.1, -0.05) is 108 Å². The summed E-state index contributed by atoms with van der Waals surface area (Å²) in [5.74, 6) is 0.663. The molecule has 2 aromatic carbocycles. The van der Waals surface area contributed by atoms with Crippen molar-refractivity contribution < 1.29 is 0 Å². The third kappa shape index (κ3) is 6.63. The van der Waals surface area contributed by atoms with Crippen molar-refractivity contribution >= 4 is 0 Å². The molecule has 0 saturated carbocycles. The number of hydrogen-bond acceptors (Lipinski definition) is 0. The van der Waals surface area contributed by atoms with Gasteiger partial charge in [-0.2, -0.15) is 0 Å². The van der Waals surface area contributed by atoms with Gasteiger partial charge in [0.1, 0.15) is 0 Å². The lowest BCUT2D eigenvalue weighted by Gasteiger charge is -2.20. The molecule has 0 aliphatic rings. The lowest BCUT2D eigenvalue weighted by Crippen LogP contribution is -2.05. The van der Waals surface area contributed by atoms with Crippen molar-refractivity contribution in [1.29, 1.82) is 0 Å². The van der Waals surface area contributed by atoms with E-state index < -0.39 is 0 Å². The SMILES string of the molecule is CCCCCCc1cccc(C(C)CCCCC)c1Cc1ccccc1. The van der Waals surface area contributed by atoms with Gasteiger partial charge in [0, 0.05) is 0 Å². The molecule has 0 aliphatic carbocycles. The molecule has 0 radical (unpaired) electrons. The van der Waals surface area contributed by atoms with Crippen LogP contribution in [-0.4, -0.2) is 0 Å². The van der Waals surface area contributed by atoms with Crippen molar-refractivity contribution in [2.24, 2.45) is 0 Å². The second-order valence-corrected chi connectivity index (χ2v) is 7.85. The van der Waals surface area contributed by atoms with Crippen LogP contribution >= 0.6 is 0 Å². The molecule has 0 aliphatic heterocycles. The van der Waals surface area contributed by atoms with Crippen molar-refractivity contribution in [3.05, 3.63) is 70.8 Å². The zero-order valence-corrected chi connectivity index (χ0v) is 17.3. The van der Waals surface area contributed by atoms with E-state index in [1.807, 2.05) is 0 Å². The van der Waals surface area contributed by atoms with Crippen LogP contribution in [-0.2, 0) is 12.8 Å². The summed E-state index contributed by atoms with van der Waals surface area (Å²) in [4.78, 5) is 0. The normalized spacial score (nSPS) is 12.3. The topological polar surface area (TPSA) is 0 Å². The Morgan fingerprint density at radius 1 is 0.731 bits per heavy atom. The van der Waals surface area contributed by atoms with Crippen molar-refractivity contribution in [3.63, 3.8) is 0 Å². The van der Waals surface area contributed by atoms with E-state index in [4.69, 9.17) is 0 Å². The fraction of sp³-hybridized carbons (Fsp3) is 0.538. The minimum Gasteiger partial charge on any atom is -0.0654 e. The van der Waals surface area contributed by atoms with Gasteiger partial charge >= 0.3 is 0 Å². The lowest BCUT2D eigenvalue weighted by atomic mass is 9.85. The highest BCUT2D eigenvalue weighted by Gasteiger charge is 2.14. The van der Waals surface area contributed by atoms with E-state index in [0.29, 0.717) is 5.92 Å². The second-order valence-electron chi connectivity index (χ2n) is 7.85. The van der Waals surface area contributed by atoms with Crippen molar-refractivity contribution in [1.82, 2.24) is 0 Å². The molecule has 0 bridgehead atoms. The predicted molar refractivity (Wildman–Crippen MR) is 116 cm³/mol. The Hall–Kier alpha value is -1.56. The maximum atomic E-state index is 2.43. The maximum absolute atomic E-state index is 2.43. The molecule has 2 aromatic rings. The average molecular weight is 351 g/mol. The third-order valence-corrected chi connectivity index (χ3v) is 5.60. The number of rotatable bonds is 12. The molecule has 1 atom stereocenters. The van der Waals surface area contributed by atoms with E-state index in [9.17, 15) is 0 Å². The summed E-state index contributed by atoms with van der Waals surface area (Å²) in [5.41, 5.74) is 6.23. The first-order valence-electron chi connectivity index (χ1n) is 10.9. The quantitative estimate of drug-likeness (QED) is 0.339. The van der Waals surface area contributed by atoms with E-state index in [1.165, 1.54) is 63.4 Å². The molecule has 0 spiro atoms. The van der Waals surface area contributed by atoms with Gasteiger partial charge in [0.05, 0.1) is 0 Å². The monoisotopic (exact) mass is 350 g/mol. The molecule has 0 nitrogen and oxygen atoms in total. The Kier molecular flexibility index (Phi) is 9.53. The molecule has 0 aromatic heterocycles. The maximum Gasteiger partial charge on any atom is -0.00202 e. The average Bonchev–Trinajstić information content (AvgIpc) is 2.67. The van der Waals surface area contributed by atoms with Crippen LogP contribution in [0.4, 0.5) is 0 Å². The predicted octanol–water partition coefficient (Wildman–Crippen LogP) is 8.08. The largest absolute Gasteiger partial charge is 0.0654 e. The van der Waals surface area contributed by atoms with Crippen molar-refractivity contribution in [3.8, 4) is 0 Å². The van der Waals surface area contributed by atoms with E-state index in [-0.39, 0.29) is 0 Å². The summed E-state index contributed by atoms with van der Waals surface area (Å²) >= 11 is 0. The molecular formula is C26H38. The third-order valence-electron chi connectivity index (χ3n) is 5.60. The number of benzene rings is 2. The van der Waals surface area contributed by atoms with Gasteiger partial charge in [-0.25, -0.2) is 0 Å². The molecule has 0 saturated heterocycles. The standard InChI is InChI=1S/C26H38/c1-4-6-8-13-18-24-19-14-20-25(22(3)15-10-7-5-2)26(24)21-23-16-11-9-12-17-23/h9,11-12,14,16-17,19-20,22H,4-8,10,13,15,18,21H2,1-3H3. The summed E-state index contributed by atoms with van der Waals surface area (Å²) in [7, 11) is 0. The van der Waals surface area contributed by atoms with E-state index in [2.05, 4.69) is 69.3 Å². The summed E-state index contributed by atoms with van der Waals surface area (Å²) < 4.78 is 0. The fourth-order valence-corrected chi connectivity index (χ4v) is 3.96. The van der Waals surface area contributed by atoms with Gasteiger partial charge < -0.3 is 0 Å². The van der Waals surface area contributed by atoms with Crippen LogP contribution < -0.4 is 0 Å². The highest BCUT2D eigenvalue weighted by Crippen LogP contribution is 2.30. The van der Waals surface area contributed by atoms with Crippen LogP contribution in [0, 0.1) is 0 Å². The first kappa shape index (κ1) is 20.7. The number of aryl methyl sites for hydroxylation is 1. The minimum atomic E-state index is 0.663. The molecule has 0 N–H and O–H groups in total. The fourth-order valence-electron chi connectivity index (χ4n) is 3.96. The van der Waals surface area contributed by atoms with Crippen molar-refractivity contribution in [2.45, 2.75) is 90.9 Å². The molecule has 142 valence electrons. The van der Waals surface area contributed by atoms with Crippen LogP contribution in [0.1, 0.15) is 100 Å². The first-order valence-corrected chi connectivity index (χ1v) is 10.9. The van der Waals surface area contributed by atoms with Crippen LogP contribution in [0.5, 0.6) is 0 Å².